The quantitative estimate of drug-likeness (QED) is 0.735. The Labute approximate surface area is 146 Å². The number of hydrogen-bond acceptors (Lipinski definition) is 4. The van der Waals surface area contributed by atoms with Crippen molar-refractivity contribution in [1.29, 1.82) is 0 Å². The highest BCUT2D eigenvalue weighted by Crippen LogP contribution is 2.28. The maximum absolute atomic E-state index is 14.2. The third kappa shape index (κ3) is 3.26. The van der Waals surface area contributed by atoms with E-state index in [9.17, 15) is 4.39 Å². The van der Waals surface area contributed by atoms with Gasteiger partial charge >= 0.3 is 0 Å². The number of benzene rings is 1. The van der Waals surface area contributed by atoms with Crippen molar-refractivity contribution in [2.75, 3.05) is 13.1 Å². The number of halogens is 1. The molecule has 25 heavy (non-hydrogen) atoms. The average molecular weight is 339 g/mol. The van der Waals surface area contributed by atoms with Crippen molar-refractivity contribution in [3.63, 3.8) is 0 Å². The summed E-state index contributed by atoms with van der Waals surface area (Å²) in [6.07, 6.45) is 3.74. The highest BCUT2D eigenvalue weighted by atomic mass is 19.1. The van der Waals surface area contributed by atoms with Crippen molar-refractivity contribution in [1.82, 2.24) is 24.5 Å². The maximum atomic E-state index is 14.2. The molecule has 5 nitrogen and oxygen atoms in total. The summed E-state index contributed by atoms with van der Waals surface area (Å²) in [5, 5.41) is 4.33. The van der Waals surface area contributed by atoms with Gasteiger partial charge in [0, 0.05) is 30.3 Å². The van der Waals surface area contributed by atoms with Crippen LogP contribution in [0.2, 0.25) is 0 Å². The molecule has 4 rings (SSSR count). The van der Waals surface area contributed by atoms with Gasteiger partial charge in [-0.2, -0.15) is 10.1 Å². The molecular formula is C19H22FN5. The predicted octanol–water partition coefficient (Wildman–Crippen LogP) is 3.26. The average Bonchev–Trinajstić information content (AvgIpc) is 3.05. The van der Waals surface area contributed by atoms with Gasteiger partial charge in [0.1, 0.15) is 12.1 Å². The second kappa shape index (κ2) is 6.52. The van der Waals surface area contributed by atoms with Crippen LogP contribution in [0.25, 0.3) is 5.78 Å². The molecule has 1 fully saturated rings. The molecule has 0 radical (unpaired) electrons. The Morgan fingerprint density at radius 2 is 2.12 bits per heavy atom. The van der Waals surface area contributed by atoms with E-state index >= 15 is 0 Å². The first-order valence-corrected chi connectivity index (χ1v) is 8.75. The second-order valence-corrected chi connectivity index (χ2v) is 6.96. The maximum Gasteiger partial charge on any atom is 0.252 e. The van der Waals surface area contributed by atoms with Crippen LogP contribution in [-0.4, -0.2) is 37.6 Å². The second-order valence-electron chi connectivity index (χ2n) is 6.96. The van der Waals surface area contributed by atoms with E-state index in [-0.39, 0.29) is 5.82 Å². The van der Waals surface area contributed by atoms with Crippen LogP contribution < -0.4 is 0 Å². The van der Waals surface area contributed by atoms with Crippen LogP contribution in [0.3, 0.4) is 0 Å². The summed E-state index contributed by atoms with van der Waals surface area (Å²) in [6.45, 7) is 6.44. The number of likely N-dealkylation sites (tertiary alicyclic amines) is 1. The summed E-state index contributed by atoms with van der Waals surface area (Å²) in [7, 11) is 0. The normalized spacial score (nSPS) is 18.8. The molecule has 0 spiro atoms. The van der Waals surface area contributed by atoms with Crippen LogP contribution in [0.15, 0.2) is 30.6 Å². The number of aryl methyl sites for hydroxylation is 2. The number of aromatic nitrogens is 4. The summed E-state index contributed by atoms with van der Waals surface area (Å²) in [5.41, 5.74) is 3.83. The number of rotatable bonds is 3. The summed E-state index contributed by atoms with van der Waals surface area (Å²) in [6, 6.07) is 7.59. The summed E-state index contributed by atoms with van der Waals surface area (Å²) < 4.78 is 16.0. The van der Waals surface area contributed by atoms with Crippen LogP contribution >= 0.6 is 0 Å². The van der Waals surface area contributed by atoms with Crippen molar-refractivity contribution in [2.24, 2.45) is 0 Å². The Morgan fingerprint density at radius 1 is 1.24 bits per heavy atom. The lowest BCUT2D eigenvalue weighted by Crippen LogP contribution is -2.35. The molecule has 2 aromatic heterocycles. The standard InChI is InChI=1S/C19H22FN5/c1-13-5-6-15(17(20)8-13)10-24-7-3-4-16(11-24)18-9-14(2)23-19-21-12-22-25(18)19/h5-6,8-9,12,16H,3-4,7,10-11H2,1-2H3. The van der Waals surface area contributed by atoms with Gasteiger partial charge in [0.05, 0.1) is 5.69 Å². The molecule has 6 heteroatoms. The Balaban J connectivity index is 1.57. The Hall–Kier alpha value is -2.34. The minimum absolute atomic E-state index is 0.111. The van der Waals surface area contributed by atoms with Gasteiger partial charge in [-0.25, -0.2) is 13.9 Å². The first-order chi connectivity index (χ1) is 12.1. The largest absolute Gasteiger partial charge is 0.298 e. The monoisotopic (exact) mass is 339 g/mol. The zero-order valence-corrected chi connectivity index (χ0v) is 14.6. The van der Waals surface area contributed by atoms with E-state index < -0.39 is 0 Å². The fourth-order valence-corrected chi connectivity index (χ4v) is 3.71. The molecular weight excluding hydrogens is 317 g/mol. The summed E-state index contributed by atoms with van der Waals surface area (Å²) in [4.78, 5) is 11.0. The Kier molecular flexibility index (Phi) is 4.21. The predicted molar refractivity (Wildman–Crippen MR) is 93.9 cm³/mol. The molecule has 1 aliphatic heterocycles. The third-order valence-corrected chi connectivity index (χ3v) is 4.93. The van der Waals surface area contributed by atoms with E-state index in [0.29, 0.717) is 18.2 Å². The van der Waals surface area contributed by atoms with Gasteiger partial charge in [-0.3, -0.25) is 4.90 Å². The van der Waals surface area contributed by atoms with Gasteiger partial charge in [-0.15, -0.1) is 0 Å². The number of nitrogens with zero attached hydrogens (tertiary/aromatic N) is 5. The van der Waals surface area contributed by atoms with Crippen LogP contribution in [0.1, 0.15) is 41.3 Å². The number of hydrogen-bond donors (Lipinski definition) is 0. The van der Waals surface area contributed by atoms with Crippen LogP contribution in [-0.2, 0) is 6.54 Å². The molecule has 1 aliphatic rings. The molecule has 0 N–H and O–H groups in total. The molecule has 1 saturated heterocycles. The van der Waals surface area contributed by atoms with Crippen molar-refractivity contribution in [3.8, 4) is 0 Å². The summed E-state index contributed by atoms with van der Waals surface area (Å²) in [5.74, 6) is 0.894. The lowest BCUT2D eigenvalue weighted by Gasteiger charge is -2.33. The van der Waals surface area contributed by atoms with E-state index in [0.717, 1.165) is 48.4 Å². The van der Waals surface area contributed by atoms with Gasteiger partial charge in [-0.05, 0) is 50.9 Å². The Morgan fingerprint density at radius 3 is 2.96 bits per heavy atom. The van der Waals surface area contributed by atoms with E-state index in [2.05, 4.69) is 26.0 Å². The summed E-state index contributed by atoms with van der Waals surface area (Å²) >= 11 is 0. The number of piperidine rings is 1. The topological polar surface area (TPSA) is 46.3 Å². The molecule has 1 atom stereocenters. The smallest absolute Gasteiger partial charge is 0.252 e. The molecule has 0 saturated carbocycles. The Bertz CT molecular complexity index is 904. The zero-order chi connectivity index (χ0) is 17.4. The van der Waals surface area contributed by atoms with Gasteiger partial charge < -0.3 is 0 Å². The lowest BCUT2D eigenvalue weighted by atomic mass is 9.93. The molecule has 0 amide bonds. The lowest BCUT2D eigenvalue weighted by molar-refractivity contribution is 0.195. The highest BCUT2D eigenvalue weighted by molar-refractivity contribution is 5.31. The van der Waals surface area contributed by atoms with E-state index in [1.54, 1.807) is 12.4 Å². The van der Waals surface area contributed by atoms with Gasteiger partial charge in [-0.1, -0.05) is 12.1 Å². The SMILES string of the molecule is Cc1ccc(CN2CCCC(c3cc(C)nc4ncnn34)C2)c(F)c1. The van der Waals surface area contributed by atoms with Gasteiger partial charge in [0.2, 0.25) is 0 Å². The first kappa shape index (κ1) is 16.1. The minimum atomic E-state index is -0.111. The highest BCUT2D eigenvalue weighted by Gasteiger charge is 2.25. The molecule has 3 aromatic rings. The van der Waals surface area contributed by atoms with Crippen molar-refractivity contribution in [3.05, 3.63) is 58.9 Å². The van der Waals surface area contributed by atoms with E-state index in [4.69, 9.17) is 0 Å². The first-order valence-electron chi connectivity index (χ1n) is 8.75. The van der Waals surface area contributed by atoms with Crippen LogP contribution in [0, 0.1) is 19.7 Å². The van der Waals surface area contributed by atoms with E-state index in [1.807, 2.05) is 30.5 Å². The molecule has 3 heterocycles. The zero-order valence-electron chi connectivity index (χ0n) is 14.6. The molecule has 0 aliphatic carbocycles. The van der Waals surface area contributed by atoms with Crippen LogP contribution in [0.4, 0.5) is 4.39 Å². The van der Waals surface area contributed by atoms with Crippen LogP contribution in [0.5, 0.6) is 0 Å². The van der Waals surface area contributed by atoms with Gasteiger partial charge in [0.15, 0.2) is 0 Å². The molecule has 1 unspecified atom stereocenters. The number of fused-ring (bicyclic) bond motifs is 1. The fourth-order valence-electron chi connectivity index (χ4n) is 3.71. The van der Waals surface area contributed by atoms with E-state index in [1.165, 1.54) is 0 Å². The van der Waals surface area contributed by atoms with Crippen molar-refractivity contribution < 1.29 is 4.39 Å². The molecule has 1 aromatic carbocycles. The molecule has 0 bridgehead atoms. The minimum Gasteiger partial charge on any atom is -0.298 e. The fraction of sp³-hybridized carbons (Fsp3) is 0.421. The molecule has 130 valence electrons. The van der Waals surface area contributed by atoms with Gasteiger partial charge in [0.25, 0.3) is 5.78 Å². The van der Waals surface area contributed by atoms with Crippen molar-refractivity contribution >= 4 is 5.78 Å². The third-order valence-electron chi connectivity index (χ3n) is 4.93. The van der Waals surface area contributed by atoms with Crippen molar-refractivity contribution in [2.45, 2.75) is 39.2 Å².